The monoisotopic (exact) mass is 465 g/mol. The molecule has 2 aromatic rings. The minimum Gasteiger partial charge on any atom is -0.364 e. The van der Waals surface area contributed by atoms with Crippen LogP contribution in [0.4, 0.5) is 28.9 Å². The van der Waals surface area contributed by atoms with Gasteiger partial charge in [0, 0.05) is 5.69 Å². The number of thiocarbonyl (C=S) groups is 1. The number of nitriles is 1. The molecule has 0 unspecified atom stereocenters. The summed E-state index contributed by atoms with van der Waals surface area (Å²) < 4.78 is 55.3. The van der Waals surface area contributed by atoms with Crippen LogP contribution in [0, 0.1) is 24.1 Å². The number of carbonyl (C=O) groups excluding carboxylic acids is 2. The lowest BCUT2D eigenvalue weighted by Crippen LogP contribution is -2.45. The van der Waals surface area contributed by atoms with Gasteiger partial charge in [0.25, 0.3) is 11.8 Å². The van der Waals surface area contributed by atoms with Gasteiger partial charge in [0.2, 0.25) is 0 Å². The van der Waals surface area contributed by atoms with Crippen molar-refractivity contribution in [1.29, 1.82) is 5.26 Å². The number of aryl methyl sites for hydroxylation is 1. The Hall–Kier alpha value is -3.59. The van der Waals surface area contributed by atoms with Crippen LogP contribution in [0.5, 0.6) is 0 Å². The maximum absolute atomic E-state index is 15.0. The van der Waals surface area contributed by atoms with Crippen LogP contribution in [-0.2, 0) is 11.0 Å². The van der Waals surface area contributed by atoms with E-state index in [0.29, 0.717) is 10.6 Å². The number of halogens is 4. The molecule has 2 amide bonds. The van der Waals surface area contributed by atoms with Crippen molar-refractivity contribution in [2.75, 3.05) is 9.80 Å². The van der Waals surface area contributed by atoms with Gasteiger partial charge in [-0.05, 0) is 57.3 Å². The topological polar surface area (TPSA) is 103 Å². The third-order valence-corrected chi connectivity index (χ3v) is 5.29. The van der Waals surface area contributed by atoms with Gasteiger partial charge in [0.05, 0.1) is 23.0 Å². The fourth-order valence-corrected chi connectivity index (χ4v) is 3.94. The van der Waals surface area contributed by atoms with Crippen LogP contribution in [-0.4, -0.2) is 27.4 Å². The molecule has 7 nitrogen and oxygen atoms in total. The van der Waals surface area contributed by atoms with Gasteiger partial charge in [-0.3, -0.25) is 14.5 Å². The van der Waals surface area contributed by atoms with Crippen LogP contribution in [0.15, 0.2) is 24.3 Å². The van der Waals surface area contributed by atoms with E-state index in [2.05, 4.69) is 4.98 Å². The number of rotatable bonds is 3. The number of nitrogens with two attached hydrogens (primary N) is 1. The molecule has 2 heterocycles. The van der Waals surface area contributed by atoms with Crippen molar-refractivity contribution in [2.45, 2.75) is 32.5 Å². The van der Waals surface area contributed by atoms with Crippen molar-refractivity contribution in [2.24, 2.45) is 5.73 Å². The zero-order chi connectivity index (χ0) is 24.2. The minimum absolute atomic E-state index is 0.0408. The van der Waals surface area contributed by atoms with E-state index in [4.69, 9.17) is 23.2 Å². The standard InChI is InChI=1S/C20H15F4N5O2S/c1-9-4-6-12(15(27-9)16(26)30)29-18(32)28(17(31)19(29,2)3)11-7-5-10(8-25)13(14(11)21)20(22,23)24/h4-7H,1-3H3,(H2,26,30). The Bertz CT molecular complexity index is 1220. The van der Waals surface area contributed by atoms with Crippen LogP contribution in [0.1, 0.15) is 41.2 Å². The molecule has 2 N–H and O–H groups in total. The second kappa shape index (κ2) is 7.52. The van der Waals surface area contributed by atoms with E-state index in [1.165, 1.54) is 36.9 Å². The molecule has 0 spiro atoms. The van der Waals surface area contributed by atoms with Gasteiger partial charge in [-0.15, -0.1) is 0 Å². The molecule has 0 radical (unpaired) electrons. The van der Waals surface area contributed by atoms with E-state index in [0.717, 1.165) is 12.1 Å². The molecule has 0 atom stereocenters. The number of hydrogen-bond acceptors (Lipinski definition) is 5. The molecule has 0 saturated carbocycles. The Morgan fingerprint density at radius 1 is 1.22 bits per heavy atom. The van der Waals surface area contributed by atoms with Crippen molar-refractivity contribution in [3.8, 4) is 6.07 Å². The second-order valence-corrected chi connectivity index (χ2v) is 7.80. The third-order valence-electron chi connectivity index (χ3n) is 4.92. The first-order valence-corrected chi connectivity index (χ1v) is 9.40. The molecule has 3 rings (SSSR count). The molecular formula is C20H15F4N5O2S. The van der Waals surface area contributed by atoms with E-state index >= 15 is 4.39 Å². The van der Waals surface area contributed by atoms with Gasteiger partial charge in [-0.25, -0.2) is 9.37 Å². The first-order chi connectivity index (χ1) is 14.7. The zero-order valence-electron chi connectivity index (χ0n) is 16.9. The molecule has 1 fully saturated rings. The highest BCUT2D eigenvalue weighted by Crippen LogP contribution is 2.42. The average molecular weight is 465 g/mol. The Morgan fingerprint density at radius 3 is 2.34 bits per heavy atom. The van der Waals surface area contributed by atoms with Crippen molar-refractivity contribution in [3.05, 3.63) is 52.6 Å². The van der Waals surface area contributed by atoms with Crippen LogP contribution in [0.3, 0.4) is 0 Å². The predicted molar refractivity (Wildman–Crippen MR) is 110 cm³/mol. The molecule has 1 aromatic carbocycles. The Balaban J connectivity index is 2.24. The number of amides is 2. The number of anilines is 2. The summed E-state index contributed by atoms with van der Waals surface area (Å²) in [6.45, 7) is 4.41. The predicted octanol–water partition coefficient (Wildman–Crippen LogP) is 3.44. The Kier molecular flexibility index (Phi) is 5.43. The lowest BCUT2D eigenvalue weighted by atomic mass is 10.0. The molecule has 166 valence electrons. The maximum atomic E-state index is 15.0. The summed E-state index contributed by atoms with van der Waals surface area (Å²) in [6, 6.07) is 5.88. The lowest BCUT2D eigenvalue weighted by Gasteiger charge is -2.30. The van der Waals surface area contributed by atoms with E-state index < -0.39 is 46.2 Å². The van der Waals surface area contributed by atoms with E-state index in [-0.39, 0.29) is 16.5 Å². The van der Waals surface area contributed by atoms with Crippen molar-refractivity contribution in [3.63, 3.8) is 0 Å². The number of pyridine rings is 1. The molecular weight excluding hydrogens is 450 g/mol. The van der Waals surface area contributed by atoms with Crippen molar-refractivity contribution in [1.82, 2.24) is 4.98 Å². The Morgan fingerprint density at radius 2 is 1.81 bits per heavy atom. The molecule has 0 aliphatic carbocycles. The largest absolute Gasteiger partial charge is 0.420 e. The summed E-state index contributed by atoms with van der Waals surface area (Å²) in [6.07, 6.45) is -5.19. The summed E-state index contributed by atoms with van der Waals surface area (Å²) in [4.78, 5) is 31.0. The van der Waals surface area contributed by atoms with Gasteiger partial charge >= 0.3 is 6.18 Å². The van der Waals surface area contributed by atoms with Crippen LogP contribution >= 0.6 is 12.2 Å². The number of aromatic nitrogens is 1. The first-order valence-electron chi connectivity index (χ1n) is 8.99. The van der Waals surface area contributed by atoms with Crippen molar-refractivity contribution < 1.29 is 27.2 Å². The SMILES string of the molecule is Cc1ccc(N2C(=S)N(c3ccc(C#N)c(C(F)(F)F)c3F)C(=O)C2(C)C)c(C(N)=O)n1. The fraction of sp³-hybridized carbons (Fsp3) is 0.250. The van der Waals surface area contributed by atoms with Gasteiger partial charge in [0.1, 0.15) is 11.1 Å². The summed E-state index contributed by atoms with van der Waals surface area (Å²) in [7, 11) is 0. The van der Waals surface area contributed by atoms with Gasteiger partial charge in [-0.2, -0.15) is 18.4 Å². The molecule has 32 heavy (non-hydrogen) atoms. The number of benzene rings is 1. The van der Waals surface area contributed by atoms with E-state index in [9.17, 15) is 22.8 Å². The second-order valence-electron chi connectivity index (χ2n) is 7.43. The smallest absolute Gasteiger partial charge is 0.364 e. The highest BCUT2D eigenvalue weighted by Gasteiger charge is 2.52. The lowest BCUT2D eigenvalue weighted by molar-refractivity contribution is -0.140. The average Bonchev–Trinajstić information content (AvgIpc) is 2.85. The quantitative estimate of drug-likeness (QED) is 0.550. The fourth-order valence-electron chi connectivity index (χ4n) is 3.43. The molecule has 0 bridgehead atoms. The third kappa shape index (κ3) is 3.44. The number of alkyl halides is 3. The molecule has 1 aliphatic heterocycles. The minimum atomic E-state index is -5.19. The zero-order valence-corrected chi connectivity index (χ0v) is 17.7. The van der Waals surface area contributed by atoms with Crippen LogP contribution < -0.4 is 15.5 Å². The van der Waals surface area contributed by atoms with Gasteiger partial charge in [-0.1, -0.05) is 0 Å². The van der Waals surface area contributed by atoms with Crippen LogP contribution in [0.2, 0.25) is 0 Å². The highest BCUT2D eigenvalue weighted by atomic mass is 32.1. The summed E-state index contributed by atoms with van der Waals surface area (Å²) >= 11 is 5.33. The maximum Gasteiger partial charge on any atom is 0.420 e. The number of primary amides is 1. The van der Waals surface area contributed by atoms with Crippen LogP contribution in [0.25, 0.3) is 0 Å². The first kappa shape index (κ1) is 23.1. The van der Waals surface area contributed by atoms with E-state index in [1.54, 1.807) is 6.92 Å². The molecule has 1 aromatic heterocycles. The van der Waals surface area contributed by atoms with Crippen molar-refractivity contribution >= 4 is 40.5 Å². The molecule has 12 heteroatoms. The normalized spacial score (nSPS) is 15.8. The number of carbonyl (C=O) groups is 2. The summed E-state index contributed by atoms with van der Waals surface area (Å²) in [5.41, 5.74) is 0.623. The molecule has 1 saturated heterocycles. The van der Waals surface area contributed by atoms with Gasteiger partial charge in [0.15, 0.2) is 16.6 Å². The van der Waals surface area contributed by atoms with Gasteiger partial charge < -0.3 is 10.6 Å². The number of hydrogen-bond donors (Lipinski definition) is 1. The summed E-state index contributed by atoms with van der Waals surface area (Å²) in [5.74, 6) is -3.59. The van der Waals surface area contributed by atoms with E-state index in [1.807, 2.05) is 0 Å². The molecule has 1 aliphatic rings. The Labute approximate surface area is 185 Å². The highest BCUT2D eigenvalue weighted by molar-refractivity contribution is 7.81. The number of nitrogens with zero attached hydrogens (tertiary/aromatic N) is 4. The summed E-state index contributed by atoms with van der Waals surface area (Å²) in [5, 5.41) is 8.58.